The minimum atomic E-state index is -3.31. The van der Waals surface area contributed by atoms with Crippen LogP contribution < -0.4 is 5.32 Å². The number of sulfone groups is 1. The van der Waals surface area contributed by atoms with E-state index in [1.165, 1.54) is 4.90 Å². The monoisotopic (exact) mass is 290 g/mol. The third-order valence-electron chi connectivity index (χ3n) is 3.45. The van der Waals surface area contributed by atoms with Crippen molar-refractivity contribution in [1.82, 2.24) is 10.2 Å². The molecule has 6 nitrogen and oxygen atoms in total. The lowest BCUT2D eigenvalue weighted by molar-refractivity contribution is -0.150. The molecule has 1 N–H and O–H groups in total. The van der Waals surface area contributed by atoms with Crippen molar-refractivity contribution in [3.8, 4) is 0 Å². The lowest BCUT2D eigenvalue weighted by Gasteiger charge is -2.41. The summed E-state index contributed by atoms with van der Waals surface area (Å²) in [7, 11) is -3.31. The highest BCUT2D eigenvalue weighted by Crippen LogP contribution is 2.21. The first-order chi connectivity index (χ1) is 8.39. The van der Waals surface area contributed by atoms with E-state index >= 15 is 0 Å². The average Bonchev–Trinajstić information content (AvgIpc) is 2.22. The molecule has 7 heteroatoms. The predicted octanol–water partition coefficient (Wildman–Crippen LogP) is -0.0633. The van der Waals surface area contributed by atoms with Crippen LogP contribution >= 0.6 is 0 Å². The number of nitrogens with zero attached hydrogens (tertiary/aromatic N) is 1. The summed E-state index contributed by atoms with van der Waals surface area (Å²) >= 11 is 0. The summed E-state index contributed by atoms with van der Waals surface area (Å²) < 4.78 is 23.2. The molecular weight excluding hydrogens is 268 g/mol. The first kappa shape index (κ1) is 15.9. The van der Waals surface area contributed by atoms with Crippen molar-refractivity contribution < 1.29 is 18.0 Å². The lowest BCUT2D eigenvalue weighted by atomic mass is 9.99. The van der Waals surface area contributed by atoms with Gasteiger partial charge in [0.2, 0.25) is 11.8 Å². The minimum Gasteiger partial charge on any atom is -0.345 e. The van der Waals surface area contributed by atoms with E-state index in [4.69, 9.17) is 0 Å². The fraction of sp³-hybridized carbons (Fsp3) is 0.833. The molecule has 0 aromatic heterocycles. The zero-order valence-corrected chi connectivity index (χ0v) is 12.9. The van der Waals surface area contributed by atoms with Crippen LogP contribution in [0.15, 0.2) is 0 Å². The molecule has 110 valence electrons. The van der Waals surface area contributed by atoms with Gasteiger partial charge in [-0.15, -0.1) is 0 Å². The van der Waals surface area contributed by atoms with Crippen molar-refractivity contribution in [3.05, 3.63) is 0 Å². The van der Waals surface area contributed by atoms with Crippen LogP contribution in [0.25, 0.3) is 0 Å². The molecule has 0 aromatic rings. The molecule has 0 saturated carbocycles. The van der Waals surface area contributed by atoms with Crippen LogP contribution in [0, 0.1) is 0 Å². The summed E-state index contributed by atoms with van der Waals surface area (Å²) in [6.07, 6.45) is 0. The molecule has 0 unspecified atom stereocenters. The Morgan fingerprint density at radius 3 is 2.26 bits per heavy atom. The van der Waals surface area contributed by atoms with Gasteiger partial charge < -0.3 is 10.2 Å². The van der Waals surface area contributed by atoms with Gasteiger partial charge in [-0.3, -0.25) is 9.59 Å². The van der Waals surface area contributed by atoms with E-state index in [1.807, 2.05) is 0 Å². The van der Waals surface area contributed by atoms with Gasteiger partial charge >= 0.3 is 0 Å². The van der Waals surface area contributed by atoms with Crippen molar-refractivity contribution in [2.45, 2.75) is 44.9 Å². The first-order valence-electron chi connectivity index (χ1n) is 6.20. The van der Waals surface area contributed by atoms with E-state index < -0.39 is 20.1 Å². The molecule has 0 spiro atoms. The quantitative estimate of drug-likeness (QED) is 0.789. The van der Waals surface area contributed by atoms with Gasteiger partial charge in [0.25, 0.3) is 0 Å². The van der Waals surface area contributed by atoms with E-state index in [1.54, 1.807) is 34.6 Å². The van der Waals surface area contributed by atoms with Gasteiger partial charge in [-0.25, -0.2) is 8.42 Å². The lowest BCUT2D eigenvalue weighted by Crippen LogP contribution is -2.65. The normalized spacial score (nSPS) is 20.4. The molecule has 0 bridgehead atoms. The number of nitrogens with one attached hydrogen (secondary N) is 1. The highest BCUT2D eigenvalue weighted by atomic mass is 32.2. The highest BCUT2D eigenvalue weighted by molar-refractivity contribution is 7.92. The summed E-state index contributed by atoms with van der Waals surface area (Å²) in [6.45, 7) is 8.07. The Balaban J connectivity index is 2.87. The van der Waals surface area contributed by atoms with Crippen LogP contribution in [0.1, 0.15) is 34.6 Å². The smallest absolute Gasteiger partial charge is 0.245 e. The molecule has 1 heterocycles. The van der Waals surface area contributed by atoms with E-state index in [-0.39, 0.29) is 30.7 Å². The number of hydrogen-bond donors (Lipinski definition) is 1. The van der Waals surface area contributed by atoms with Gasteiger partial charge in [0, 0.05) is 6.54 Å². The Kier molecular flexibility index (Phi) is 4.01. The first-order valence-corrected chi connectivity index (χ1v) is 7.86. The second-order valence-corrected chi connectivity index (χ2v) is 9.08. The van der Waals surface area contributed by atoms with Crippen LogP contribution in [0.5, 0.6) is 0 Å². The van der Waals surface area contributed by atoms with Crippen molar-refractivity contribution in [3.63, 3.8) is 0 Å². The molecule has 1 fully saturated rings. The van der Waals surface area contributed by atoms with Crippen LogP contribution in [-0.2, 0) is 19.4 Å². The number of amides is 2. The van der Waals surface area contributed by atoms with E-state index in [2.05, 4.69) is 5.32 Å². The Hall–Kier alpha value is -1.11. The second-order valence-electron chi connectivity index (χ2n) is 6.22. The van der Waals surface area contributed by atoms with Gasteiger partial charge in [-0.1, -0.05) is 0 Å². The Morgan fingerprint density at radius 1 is 1.26 bits per heavy atom. The zero-order chi connectivity index (χ0) is 15.1. The van der Waals surface area contributed by atoms with Gasteiger partial charge in [0.15, 0.2) is 9.84 Å². The van der Waals surface area contributed by atoms with Crippen molar-refractivity contribution in [2.75, 3.05) is 18.8 Å². The third kappa shape index (κ3) is 3.08. The summed E-state index contributed by atoms with van der Waals surface area (Å²) in [4.78, 5) is 24.9. The molecule has 1 saturated heterocycles. The van der Waals surface area contributed by atoms with Gasteiger partial charge in [-0.05, 0) is 34.6 Å². The zero-order valence-electron chi connectivity index (χ0n) is 12.1. The molecule has 0 aliphatic carbocycles. The van der Waals surface area contributed by atoms with Crippen molar-refractivity contribution >= 4 is 21.7 Å². The molecule has 2 amide bonds. The highest BCUT2D eigenvalue weighted by Gasteiger charge is 2.42. The number of carbonyl (C=O) groups excluding carboxylic acids is 2. The number of piperazine rings is 1. The van der Waals surface area contributed by atoms with E-state index in [9.17, 15) is 18.0 Å². The van der Waals surface area contributed by atoms with Crippen molar-refractivity contribution in [2.24, 2.45) is 0 Å². The van der Waals surface area contributed by atoms with Crippen LogP contribution in [0.2, 0.25) is 0 Å². The number of rotatable bonds is 3. The standard InChI is InChI=1S/C12H22N2O4S/c1-11(2,3)19(17,18)7-6-14-9(15)8-13-10(16)12(14,4)5/h6-8H2,1-5H3,(H,13,16). The topological polar surface area (TPSA) is 83.6 Å². The molecule has 0 atom stereocenters. The van der Waals surface area contributed by atoms with Crippen LogP contribution in [0.4, 0.5) is 0 Å². The molecule has 0 aromatic carbocycles. The minimum absolute atomic E-state index is 0.0405. The number of carbonyl (C=O) groups is 2. The number of hydrogen-bond acceptors (Lipinski definition) is 4. The predicted molar refractivity (Wildman–Crippen MR) is 72.3 cm³/mol. The van der Waals surface area contributed by atoms with Crippen LogP contribution in [0.3, 0.4) is 0 Å². The molecule has 0 radical (unpaired) electrons. The van der Waals surface area contributed by atoms with E-state index in [0.29, 0.717) is 0 Å². The summed E-state index contributed by atoms with van der Waals surface area (Å²) in [6, 6.07) is 0. The largest absolute Gasteiger partial charge is 0.345 e. The maximum Gasteiger partial charge on any atom is 0.245 e. The molecule has 19 heavy (non-hydrogen) atoms. The third-order valence-corrected chi connectivity index (χ3v) is 6.03. The maximum atomic E-state index is 12.1. The molecule has 1 rings (SSSR count). The second kappa shape index (κ2) is 4.77. The van der Waals surface area contributed by atoms with Gasteiger partial charge in [-0.2, -0.15) is 0 Å². The fourth-order valence-corrected chi connectivity index (χ4v) is 2.86. The average molecular weight is 290 g/mol. The SMILES string of the molecule is CC1(C)C(=O)NCC(=O)N1CCS(=O)(=O)C(C)(C)C. The molecule has 1 aliphatic rings. The Labute approximate surface area is 114 Å². The molecule has 1 aliphatic heterocycles. The Bertz CT molecular complexity index is 488. The van der Waals surface area contributed by atoms with E-state index in [0.717, 1.165) is 0 Å². The van der Waals surface area contributed by atoms with Gasteiger partial charge in [0.1, 0.15) is 5.54 Å². The summed E-state index contributed by atoms with van der Waals surface area (Å²) in [5, 5.41) is 2.50. The maximum absolute atomic E-state index is 12.1. The van der Waals surface area contributed by atoms with Gasteiger partial charge in [0.05, 0.1) is 17.0 Å². The summed E-state index contributed by atoms with van der Waals surface area (Å²) in [5.41, 5.74) is -1.01. The van der Waals surface area contributed by atoms with Crippen molar-refractivity contribution in [1.29, 1.82) is 0 Å². The molecular formula is C12H22N2O4S. The fourth-order valence-electron chi connectivity index (χ4n) is 1.82. The summed E-state index contributed by atoms with van der Waals surface area (Å²) in [5.74, 6) is -0.659. The Morgan fingerprint density at radius 2 is 1.79 bits per heavy atom. The van der Waals surface area contributed by atoms with Crippen LogP contribution in [-0.4, -0.2) is 54.3 Å².